The average Bonchev–Trinajstić information content (AvgIpc) is 2.39. The molecular weight excluding hydrogens is 263 g/mol. The van der Waals surface area contributed by atoms with Crippen molar-refractivity contribution in [2.45, 2.75) is 6.18 Å². The SMILES string of the molecule is C=CCN(CC#Cc1ccc(C(F)(F)F)cc1)CC=C. The molecule has 0 aliphatic carbocycles. The summed E-state index contributed by atoms with van der Waals surface area (Å²) in [6, 6.07) is 4.83. The van der Waals surface area contributed by atoms with Gasteiger partial charge in [0.05, 0.1) is 12.1 Å². The Morgan fingerprint density at radius 3 is 2.05 bits per heavy atom. The molecule has 0 spiro atoms. The molecule has 0 saturated carbocycles. The molecule has 0 radical (unpaired) electrons. The Balaban J connectivity index is 2.67. The zero-order chi connectivity index (χ0) is 15.0. The van der Waals surface area contributed by atoms with Crippen LogP contribution in [0.15, 0.2) is 49.6 Å². The molecule has 0 unspecified atom stereocenters. The summed E-state index contributed by atoms with van der Waals surface area (Å²) in [6.45, 7) is 9.19. The normalized spacial score (nSPS) is 10.8. The Hall–Kier alpha value is -1.99. The highest BCUT2D eigenvalue weighted by Crippen LogP contribution is 2.28. The third-order valence-electron chi connectivity index (χ3n) is 2.52. The van der Waals surface area contributed by atoms with Crippen LogP contribution in [0.2, 0.25) is 0 Å². The Morgan fingerprint density at radius 2 is 1.60 bits per heavy atom. The number of halogens is 3. The van der Waals surface area contributed by atoms with Crippen LogP contribution in [-0.4, -0.2) is 24.5 Å². The maximum atomic E-state index is 12.4. The molecule has 1 nitrogen and oxygen atoms in total. The molecule has 4 heteroatoms. The van der Waals surface area contributed by atoms with Crippen molar-refractivity contribution in [3.8, 4) is 11.8 Å². The number of alkyl halides is 3. The van der Waals surface area contributed by atoms with Crippen molar-refractivity contribution in [3.05, 3.63) is 60.7 Å². The largest absolute Gasteiger partial charge is 0.416 e. The van der Waals surface area contributed by atoms with E-state index in [1.165, 1.54) is 12.1 Å². The highest BCUT2D eigenvalue weighted by atomic mass is 19.4. The average molecular weight is 279 g/mol. The van der Waals surface area contributed by atoms with Gasteiger partial charge in [-0.3, -0.25) is 4.90 Å². The Labute approximate surface area is 117 Å². The molecule has 0 aliphatic heterocycles. The number of hydrogen-bond acceptors (Lipinski definition) is 1. The predicted molar refractivity (Wildman–Crippen MR) is 75.2 cm³/mol. The Kier molecular flexibility index (Phi) is 6.08. The highest BCUT2D eigenvalue weighted by molar-refractivity contribution is 5.37. The maximum Gasteiger partial charge on any atom is 0.416 e. The number of rotatable bonds is 5. The van der Waals surface area contributed by atoms with E-state index in [2.05, 4.69) is 25.0 Å². The first kappa shape index (κ1) is 16.1. The van der Waals surface area contributed by atoms with E-state index in [-0.39, 0.29) is 0 Å². The fraction of sp³-hybridized carbons (Fsp3) is 0.250. The maximum absolute atomic E-state index is 12.4. The van der Waals surface area contributed by atoms with Gasteiger partial charge in [-0.05, 0) is 24.3 Å². The molecule has 1 aromatic carbocycles. The second-order valence-corrected chi connectivity index (χ2v) is 4.15. The van der Waals surface area contributed by atoms with Crippen molar-refractivity contribution >= 4 is 0 Å². The number of benzene rings is 1. The van der Waals surface area contributed by atoms with Gasteiger partial charge in [-0.1, -0.05) is 24.0 Å². The molecule has 0 aliphatic rings. The molecule has 0 aromatic heterocycles. The molecule has 106 valence electrons. The van der Waals surface area contributed by atoms with E-state index in [9.17, 15) is 13.2 Å². The van der Waals surface area contributed by atoms with Gasteiger partial charge in [-0.2, -0.15) is 13.2 Å². The Morgan fingerprint density at radius 1 is 1.05 bits per heavy atom. The van der Waals surface area contributed by atoms with E-state index >= 15 is 0 Å². The van der Waals surface area contributed by atoms with Gasteiger partial charge in [-0.15, -0.1) is 13.2 Å². The molecule has 20 heavy (non-hydrogen) atoms. The fourth-order valence-corrected chi connectivity index (χ4v) is 1.56. The van der Waals surface area contributed by atoms with Crippen LogP contribution in [-0.2, 0) is 6.18 Å². The van der Waals surface area contributed by atoms with Crippen LogP contribution >= 0.6 is 0 Å². The molecule has 0 fully saturated rings. The lowest BCUT2D eigenvalue weighted by molar-refractivity contribution is -0.137. The van der Waals surface area contributed by atoms with Gasteiger partial charge >= 0.3 is 6.18 Å². The molecular formula is C16H16F3N. The smallest absolute Gasteiger partial charge is 0.285 e. The van der Waals surface area contributed by atoms with Gasteiger partial charge in [0.25, 0.3) is 0 Å². The van der Waals surface area contributed by atoms with Crippen LogP contribution in [0, 0.1) is 11.8 Å². The summed E-state index contributed by atoms with van der Waals surface area (Å²) in [5.74, 6) is 5.77. The van der Waals surface area contributed by atoms with E-state index in [0.717, 1.165) is 12.1 Å². The van der Waals surface area contributed by atoms with Gasteiger partial charge in [0.15, 0.2) is 0 Å². The van der Waals surface area contributed by atoms with E-state index in [4.69, 9.17) is 0 Å². The Bertz CT molecular complexity index is 493. The van der Waals surface area contributed by atoms with Crippen molar-refractivity contribution in [1.82, 2.24) is 4.90 Å². The van der Waals surface area contributed by atoms with E-state index in [1.54, 1.807) is 12.2 Å². The van der Waals surface area contributed by atoms with E-state index in [1.807, 2.05) is 4.90 Å². The molecule has 1 rings (SSSR count). The summed E-state index contributed by atoms with van der Waals surface area (Å²) in [5, 5.41) is 0. The zero-order valence-corrected chi connectivity index (χ0v) is 11.1. The molecule has 0 heterocycles. The van der Waals surface area contributed by atoms with Crippen LogP contribution in [0.25, 0.3) is 0 Å². The van der Waals surface area contributed by atoms with Crippen molar-refractivity contribution in [2.75, 3.05) is 19.6 Å². The minimum atomic E-state index is -4.31. The van der Waals surface area contributed by atoms with Gasteiger partial charge in [0.1, 0.15) is 0 Å². The lowest BCUT2D eigenvalue weighted by atomic mass is 10.1. The monoisotopic (exact) mass is 279 g/mol. The molecule has 1 aromatic rings. The van der Waals surface area contributed by atoms with Crippen molar-refractivity contribution in [2.24, 2.45) is 0 Å². The summed E-state index contributed by atoms with van der Waals surface area (Å²) in [6.07, 6.45) is -0.775. The third-order valence-corrected chi connectivity index (χ3v) is 2.52. The molecule has 0 bridgehead atoms. The summed E-state index contributed by atoms with van der Waals surface area (Å²) in [4.78, 5) is 2.01. The number of hydrogen-bond donors (Lipinski definition) is 0. The lowest BCUT2D eigenvalue weighted by Crippen LogP contribution is -2.24. The van der Waals surface area contributed by atoms with E-state index in [0.29, 0.717) is 25.2 Å². The van der Waals surface area contributed by atoms with Gasteiger partial charge in [-0.25, -0.2) is 0 Å². The number of nitrogens with zero attached hydrogens (tertiary/aromatic N) is 1. The zero-order valence-electron chi connectivity index (χ0n) is 11.1. The highest BCUT2D eigenvalue weighted by Gasteiger charge is 2.29. The predicted octanol–water partition coefficient (Wildman–Crippen LogP) is 3.73. The molecule has 0 atom stereocenters. The summed E-state index contributed by atoms with van der Waals surface area (Å²) >= 11 is 0. The second kappa shape index (κ2) is 7.56. The van der Waals surface area contributed by atoms with Crippen molar-refractivity contribution in [3.63, 3.8) is 0 Å². The minimum absolute atomic E-state index is 0.513. The summed E-state index contributed by atoms with van der Waals surface area (Å²) in [5.41, 5.74) is -0.0989. The van der Waals surface area contributed by atoms with Gasteiger partial charge < -0.3 is 0 Å². The second-order valence-electron chi connectivity index (χ2n) is 4.15. The molecule has 0 saturated heterocycles. The summed E-state index contributed by atoms with van der Waals surface area (Å²) in [7, 11) is 0. The third kappa shape index (κ3) is 5.33. The van der Waals surface area contributed by atoms with Crippen LogP contribution in [0.1, 0.15) is 11.1 Å². The topological polar surface area (TPSA) is 3.24 Å². The standard InChI is InChI=1S/C16H16F3N/c1-3-11-20(12-4-2)13-5-6-14-7-9-15(10-8-14)16(17,18)19/h3-4,7-10H,1-2,11-13H2. The summed E-state index contributed by atoms with van der Waals surface area (Å²) < 4.78 is 37.2. The van der Waals surface area contributed by atoms with Crippen LogP contribution < -0.4 is 0 Å². The van der Waals surface area contributed by atoms with Crippen molar-refractivity contribution in [1.29, 1.82) is 0 Å². The lowest BCUT2D eigenvalue weighted by Gasteiger charge is -2.14. The fourth-order valence-electron chi connectivity index (χ4n) is 1.56. The van der Waals surface area contributed by atoms with Gasteiger partial charge in [0.2, 0.25) is 0 Å². The van der Waals surface area contributed by atoms with Crippen LogP contribution in [0.4, 0.5) is 13.2 Å². The van der Waals surface area contributed by atoms with Crippen LogP contribution in [0.5, 0.6) is 0 Å². The van der Waals surface area contributed by atoms with Gasteiger partial charge in [0, 0.05) is 18.7 Å². The molecule has 0 N–H and O–H groups in total. The van der Waals surface area contributed by atoms with Crippen molar-refractivity contribution < 1.29 is 13.2 Å². The van der Waals surface area contributed by atoms with Crippen LogP contribution in [0.3, 0.4) is 0 Å². The van der Waals surface area contributed by atoms with E-state index < -0.39 is 11.7 Å². The first-order valence-corrected chi connectivity index (χ1v) is 6.07. The first-order valence-electron chi connectivity index (χ1n) is 6.07. The quantitative estimate of drug-likeness (QED) is 0.586. The minimum Gasteiger partial charge on any atom is -0.285 e. The first-order chi connectivity index (χ1) is 9.47. The molecule has 0 amide bonds.